The smallest absolute Gasteiger partial charge is 0.319 e. The zero-order valence-electron chi connectivity index (χ0n) is 14.9. The SMILES string of the molecule is O=C(NCCSc1ccccc1)Nc1cccc(OCCn2cccn2)c1. The Morgan fingerprint density at radius 3 is 2.81 bits per heavy atom. The lowest BCUT2D eigenvalue weighted by Gasteiger charge is -2.10. The fourth-order valence-corrected chi connectivity index (χ4v) is 3.17. The standard InChI is InChI=1S/C20H22N4O2S/c25-20(21-11-15-27-19-8-2-1-3-9-19)23-17-6-4-7-18(16-17)26-14-13-24-12-5-10-22-24/h1-10,12,16H,11,13-15H2,(H2,21,23,25). The number of carbonyl (C=O) groups is 1. The highest BCUT2D eigenvalue weighted by Gasteiger charge is 2.03. The largest absolute Gasteiger partial charge is 0.492 e. The Morgan fingerprint density at radius 1 is 1.11 bits per heavy atom. The van der Waals surface area contributed by atoms with Crippen LogP contribution in [0.5, 0.6) is 5.75 Å². The molecule has 0 aliphatic heterocycles. The molecule has 0 radical (unpaired) electrons. The van der Waals surface area contributed by atoms with Crippen molar-refractivity contribution >= 4 is 23.5 Å². The molecule has 0 unspecified atom stereocenters. The summed E-state index contributed by atoms with van der Waals surface area (Å²) in [5.41, 5.74) is 0.694. The second-order valence-electron chi connectivity index (χ2n) is 5.69. The fraction of sp³-hybridized carbons (Fsp3) is 0.200. The minimum atomic E-state index is -0.225. The third kappa shape index (κ3) is 6.71. The van der Waals surface area contributed by atoms with E-state index < -0.39 is 0 Å². The number of rotatable bonds is 9. The molecule has 2 amide bonds. The maximum Gasteiger partial charge on any atom is 0.319 e. The van der Waals surface area contributed by atoms with Crippen LogP contribution in [0, 0.1) is 0 Å². The predicted molar refractivity (Wildman–Crippen MR) is 108 cm³/mol. The maximum absolute atomic E-state index is 12.0. The summed E-state index contributed by atoms with van der Waals surface area (Å²) in [7, 11) is 0. The van der Waals surface area contributed by atoms with Crippen molar-refractivity contribution in [1.82, 2.24) is 15.1 Å². The summed E-state index contributed by atoms with van der Waals surface area (Å²) in [6.45, 7) is 1.77. The number of nitrogens with zero attached hydrogens (tertiary/aromatic N) is 2. The molecule has 0 bridgehead atoms. The van der Waals surface area contributed by atoms with Crippen molar-refractivity contribution in [1.29, 1.82) is 0 Å². The average Bonchev–Trinajstić information content (AvgIpc) is 3.20. The van der Waals surface area contributed by atoms with Gasteiger partial charge in [-0.3, -0.25) is 4.68 Å². The van der Waals surface area contributed by atoms with Crippen LogP contribution in [0.15, 0.2) is 78.0 Å². The van der Waals surface area contributed by atoms with Gasteiger partial charge in [-0.1, -0.05) is 24.3 Å². The minimum absolute atomic E-state index is 0.225. The Kier molecular flexibility index (Phi) is 7.17. The van der Waals surface area contributed by atoms with Crippen molar-refractivity contribution in [3.63, 3.8) is 0 Å². The maximum atomic E-state index is 12.0. The lowest BCUT2D eigenvalue weighted by atomic mass is 10.3. The van der Waals surface area contributed by atoms with E-state index in [0.29, 0.717) is 31.1 Å². The van der Waals surface area contributed by atoms with Gasteiger partial charge in [0.05, 0.1) is 6.54 Å². The lowest BCUT2D eigenvalue weighted by Crippen LogP contribution is -2.30. The highest BCUT2D eigenvalue weighted by Crippen LogP contribution is 2.18. The first-order valence-electron chi connectivity index (χ1n) is 8.72. The summed E-state index contributed by atoms with van der Waals surface area (Å²) >= 11 is 1.71. The van der Waals surface area contributed by atoms with E-state index in [4.69, 9.17) is 4.74 Å². The van der Waals surface area contributed by atoms with Crippen molar-refractivity contribution in [3.8, 4) is 5.75 Å². The van der Waals surface area contributed by atoms with Gasteiger partial charge in [0.25, 0.3) is 0 Å². The lowest BCUT2D eigenvalue weighted by molar-refractivity contribution is 0.252. The molecule has 0 saturated heterocycles. The Bertz CT molecular complexity index is 825. The van der Waals surface area contributed by atoms with Gasteiger partial charge in [0, 0.05) is 41.3 Å². The van der Waals surface area contributed by atoms with Crippen LogP contribution in [0.2, 0.25) is 0 Å². The fourth-order valence-electron chi connectivity index (χ4n) is 2.38. The van der Waals surface area contributed by atoms with Crippen LogP contribution in [-0.4, -0.2) is 34.7 Å². The number of carbonyl (C=O) groups excluding carboxylic acids is 1. The number of benzene rings is 2. The molecule has 1 aromatic heterocycles. The Morgan fingerprint density at radius 2 is 2.00 bits per heavy atom. The van der Waals surface area contributed by atoms with Crippen molar-refractivity contribution in [2.24, 2.45) is 0 Å². The Hall–Kier alpha value is -2.93. The highest BCUT2D eigenvalue weighted by molar-refractivity contribution is 7.99. The summed E-state index contributed by atoms with van der Waals surface area (Å²) in [5.74, 6) is 1.52. The number of amides is 2. The van der Waals surface area contributed by atoms with E-state index in [-0.39, 0.29) is 6.03 Å². The van der Waals surface area contributed by atoms with Gasteiger partial charge in [-0.15, -0.1) is 11.8 Å². The second-order valence-corrected chi connectivity index (χ2v) is 6.86. The summed E-state index contributed by atoms with van der Waals surface area (Å²) < 4.78 is 7.52. The first kappa shape index (κ1) is 18.8. The van der Waals surface area contributed by atoms with Crippen LogP contribution in [-0.2, 0) is 6.54 Å². The van der Waals surface area contributed by atoms with Gasteiger partial charge in [-0.05, 0) is 30.3 Å². The molecular weight excluding hydrogens is 360 g/mol. The van der Waals surface area contributed by atoms with Gasteiger partial charge in [0.15, 0.2) is 0 Å². The molecule has 0 atom stereocenters. The molecule has 2 N–H and O–H groups in total. The first-order chi connectivity index (χ1) is 13.3. The van der Waals surface area contributed by atoms with E-state index in [2.05, 4.69) is 27.9 Å². The number of hydrogen-bond acceptors (Lipinski definition) is 4. The molecule has 27 heavy (non-hydrogen) atoms. The summed E-state index contributed by atoms with van der Waals surface area (Å²) in [6, 6.07) is 19.1. The van der Waals surface area contributed by atoms with E-state index >= 15 is 0 Å². The molecule has 0 saturated carbocycles. The summed E-state index contributed by atoms with van der Waals surface area (Å²) in [6.07, 6.45) is 3.63. The number of nitrogens with one attached hydrogen (secondary N) is 2. The third-order valence-corrected chi connectivity index (χ3v) is 4.65. The van der Waals surface area contributed by atoms with Crippen molar-refractivity contribution in [3.05, 3.63) is 73.1 Å². The zero-order valence-corrected chi connectivity index (χ0v) is 15.7. The Labute approximate surface area is 162 Å². The van der Waals surface area contributed by atoms with Gasteiger partial charge in [0.2, 0.25) is 0 Å². The molecule has 6 nitrogen and oxygen atoms in total. The molecule has 0 aliphatic carbocycles. The molecule has 0 aliphatic rings. The number of urea groups is 1. The number of anilines is 1. The first-order valence-corrected chi connectivity index (χ1v) is 9.71. The normalized spacial score (nSPS) is 10.4. The molecular formula is C20H22N4O2S. The van der Waals surface area contributed by atoms with Crippen molar-refractivity contribution in [2.75, 3.05) is 24.2 Å². The molecule has 2 aromatic carbocycles. The van der Waals surface area contributed by atoms with Crippen LogP contribution in [0.3, 0.4) is 0 Å². The van der Waals surface area contributed by atoms with Gasteiger partial charge in [-0.25, -0.2) is 4.79 Å². The van der Waals surface area contributed by atoms with Crippen molar-refractivity contribution in [2.45, 2.75) is 11.4 Å². The average molecular weight is 382 g/mol. The van der Waals surface area contributed by atoms with Gasteiger partial charge in [0.1, 0.15) is 12.4 Å². The van der Waals surface area contributed by atoms with Gasteiger partial charge >= 0.3 is 6.03 Å². The second kappa shape index (κ2) is 10.3. The molecule has 7 heteroatoms. The quantitative estimate of drug-likeness (QED) is 0.435. The van der Waals surface area contributed by atoms with Crippen LogP contribution in [0.4, 0.5) is 10.5 Å². The highest BCUT2D eigenvalue weighted by atomic mass is 32.2. The Balaban J connectivity index is 1.37. The number of ether oxygens (including phenoxy) is 1. The molecule has 3 rings (SSSR count). The van der Waals surface area contributed by atoms with Crippen LogP contribution < -0.4 is 15.4 Å². The molecule has 140 valence electrons. The van der Waals surface area contributed by atoms with Crippen LogP contribution >= 0.6 is 11.8 Å². The van der Waals surface area contributed by atoms with Gasteiger partial charge < -0.3 is 15.4 Å². The third-order valence-electron chi connectivity index (χ3n) is 3.64. The number of hydrogen-bond donors (Lipinski definition) is 2. The topological polar surface area (TPSA) is 68.2 Å². The molecule has 0 spiro atoms. The molecule has 3 aromatic rings. The number of thioether (sulfide) groups is 1. The van der Waals surface area contributed by atoms with Crippen molar-refractivity contribution < 1.29 is 9.53 Å². The van der Waals surface area contributed by atoms with E-state index in [9.17, 15) is 4.79 Å². The molecule has 0 fully saturated rings. The van der Waals surface area contributed by atoms with Crippen LogP contribution in [0.1, 0.15) is 0 Å². The van der Waals surface area contributed by atoms with E-state index in [0.717, 1.165) is 5.75 Å². The van der Waals surface area contributed by atoms with E-state index in [1.807, 2.05) is 53.3 Å². The minimum Gasteiger partial charge on any atom is -0.492 e. The monoisotopic (exact) mass is 382 g/mol. The zero-order chi connectivity index (χ0) is 18.7. The van der Waals surface area contributed by atoms with E-state index in [1.165, 1.54) is 4.90 Å². The molecule has 1 heterocycles. The summed E-state index contributed by atoms with van der Waals surface area (Å²) in [4.78, 5) is 13.2. The van der Waals surface area contributed by atoms with Gasteiger partial charge in [-0.2, -0.15) is 5.10 Å². The predicted octanol–water partition coefficient (Wildman–Crippen LogP) is 3.88. The van der Waals surface area contributed by atoms with Crippen LogP contribution in [0.25, 0.3) is 0 Å². The van der Waals surface area contributed by atoms with E-state index in [1.54, 1.807) is 24.0 Å². The number of aromatic nitrogens is 2. The summed E-state index contributed by atoms with van der Waals surface area (Å²) in [5, 5.41) is 9.82.